The maximum Gasteiger partial charge on any atom is 2.00 e. The summed E-state index contributed by atoms with van der Waals surface area (Å²) in [6, 6.07) is 0. The summed E-state index contributed by atoms with van der Waals surface area (Å²) in [5.74, 6) is 6.14. The molecule has 14 heterocycles. The zero-order chi connectivity index (χ0) is 91.1. The van der Waals surface area contributed by atoms with Crippen molar-refractivity contribution in [2.24, 2.45) is 63.6 Å². The van der Waals surface area contributed by atoms with Crippen molar-refractivity contribution < 1.29 is 271 Å². The second-order valence-electron chi connectivity index (χ2n) is 32.7. The molecule has 14 aliphatic heterocycles. The molecule has 0 saturated carbocycles. The maximum absolute atomic E-state index is 8.49. The predicted octanol–water partition coefficient (Wildman–Crippen LogP) is -10.9. The molecule has 0 unspecified atom stereocenters. The van der Waals surface area contributed by atoms with Crippen molar-refractivity contribution in [2.75, 3.05) is 132 Å². The van der Waals surface area contributed by atoms with Gasteiger partial charge in [0.25, 0.3) is 0 Å². The number of hydrogen-bond donors (Lipinski definition) is 0. The molecule has 0 atom stereocenters. The third kappa shape index (κ3) is 73.7. The Balaban J connectivity index is -0.000000305. The molecule has 0 aromatic heterocycles. The van der Waals surface area contributed by atoms with Gasteiger partial charge in [-0.05, 0) is 216 Å². The van der Waals surface area contributed by atoms with E-state index in [0.29, 0.717) is 52.9 Å². The molecule has 0 spiro atoms. The summed E-state index contributed by atoms with van der Waals surface area (Å²) in [5.41, 5.74) is -0.903. The SMILES string of the molecule is C1CCOC1.C1CCOC1.C1CCOC1.C1CCOC1.C1CCOC1.C1CCOC1.CC(C1=NC(C)(C)CO1)C1=NC(C)(C)CO1.CC(C1=NC(C)(C)CO1)C1=NC(C)(C)CO1.CC(C1=NC(C)(C)CO1)C1=NC(C)(C)CO1.CC(C1=NC(C)(C)CO1)C1=NC(C)(C)CO1.[Cu+2].[Cu+2].[Cu+2].[Cu+2].[O-][Cl+3]([O-])([O-])[O-].[O-][Cl+3]([O-])([O-])[O-].[O-][Cl+3]([O-])([O-])[O-].[O-][Cl+3]([O-])([O-])[O-].[O-][O-].[O-][O-]. The van der Waals surface area contributed by atoms with Crippen LogP contribution >= 0.6 is 0 Å². The van der Waals surface area contributed by atoms with Gasteiger partial charge in [0.05, 0.1) is 44.3 Å². The van der Waals surface area contributed by atoms with Gasteiger partial charge in [0.1, 0.15) is 76.5 Å². The molecule has 0 aliphatic carbocycles. The van der Waals surface area contributed by atoms with Gasteiger partial charge in [-0.2, -0.15) is 0 Å². The van der Waals surface area contributed by atoms with Crippen LogP contribution in [0.4, 0.5) is 0 Å². The smallest absolute Gasteiger partial charge is 1.00 e. The molecule has 122 heavy (non-hydrogen) atoms. The van der Waals surface area contributed by atoms with E-state index >= 15 is 0 Å². The largest absolute Gasteiger partial charge is 2.00 e. The van der Waals surface area contributed by atoms with E-state index in [0.717, 1.165) is 126 Å². The van der Waals surface area contributed by atoms with Crippen molar-refractivity contribution in [3.63, 3.8) is 0 Å². The van der Waals surface area contributed by atoms with Gasteiger partial charge in [-0.25, -0.2) is 114 Å². The molecule has 42 nitrogen and oxygen atoms in total. The van der Waals surface area contributed by atoms with Crippen molar-refractivity contribution in [2.45, 2.75) is 260 Å². The van der Waals surface area contributed by atoms with Crippen LogP contribution in [0.25, 0.3) is 0 Å². The first-order chi connectivity index (χ1) is 54.2. The first kappa shape index (κ1) is 131. The molecule has 0 amide bonds. The summed E-state index contributed by atoms with van der Waals surface area (Å²) >= 11 is 0. The van der Waals surface area contributed by atoms with Crippen LogP contribution in [0.3, 0.4) is 0 Å². The van der Waals surface area contributed by atoms with E-state index in [-0.39, 0.29) is 136 Å². The Labute approximate surface area is 768 Å². The Hall–Kier alpha value is -2.04. The summed E-state index contributed by atoms with van der Waals surface area (Å²) in [4.78, 5) is 36.4. The van der Waals surface area contributed by atoms with Crippen molar-refractivity contribution in [1.82, 2.24) is 0 Å². The molecule has 0 aromatic rings. The fourth-order valence-corrected chi connectivity index (χ4v) is 10.2. The summed E-state index contributed by atoms with van der Waals surface area (Å²) in [6.45, 7) is 58.3. The number of rotatable bonds is 8. The Kier molecular flexibility index (Phi) is 69.3. The van der Waals surface area contributed by atoms with E-state index < -0.39 is 41.0 Å². The third-order valence-electron chi connectivity index (χ3n) is 15.8. The van der Waals surface area contributed by atoms with E-state index in [1.54, 1.807) is 0 Å². The number of halogens is 4. The zero-order valence-corrected chi connectivity index (χ0v) is 79.9. The van der Waals surface area contributed by atoms with Crippen LogP contribution in [0.1, 0.15) is 216 Å². The van der Waals surface area contributed by atoms with E-state index in [9.17, 15) is 0 Å². The average molecular weight is 2050 g/mol. The van der Waals surface area contributed by atoms with Crippen LogP contribution < -0.4 is 95.6 Å². The summed E-state index contributed by atoms with van der Waals surface area (Å²) in [5, 5.41) is 28.0. The molecule has 0 bridgehead atoms. The fourth-order valence-electron chi connectivity index (χ4n) is 10.2. The average Bonchev–Trinajstić information content (AvgIpc) is 1.69. The van der Waals surface area contributed by atoms with E-state index in [1.165, 1.54) is 77.0 Å². The van der Waals surface area contributed by atoms with Gasteiger partial charge >= 0.3 is 68.3 Å². The minimum atomic E-state index is -4.94. The summed E-state index contributed by atoms with van der Waals surface area (Å²) in [7, 11) is -19.8. The number of hydrogen-bond acceptors (Lipinski definition) is 42. The Morgan fingerprint density at radius 1 is 0.197 bits per heavy atom. The summed E-state index contributed by atoms with van der Waals surface area (Å²) < 4.78 is 210. The van der Waals surface area contributed by atoms with Crippen LogP contribution in [0.2, 0.25) is 0 Å². The topological polar surface area (TPSA) is 689 Å². The van der Waals surface area contributed by atoms with E-state index in [2.05, 4.69) is 151 Å². The molecular weight excluding hydrogens is 1920 g/mol. The van der Waals surface area contributed by atoms with Gasteiger partial charge in [0.15, 0.2) is 47.2 Å². The maximum atomic E-state index is 8.49. The molecule has 4 radical (unpaired) electrons. The Morgan fingerprint density at radius 2 is 0.270 bits per heavy atom. The van der Waals surface area contributed by atoms with Crippen LogP contribution in [0, 0.1) is 64.6 Å². The van der Waals surface area contributed by atoms with E-state index in [1.807, 2.05) is 27.7 Å². The molecule has 0 N–H and O–H groups in total. The van der Waals surface area contributed by atoms with Gasteiger partial charge in [0.2, 0.25) is 0 Å². The minimum absolute atomic E-state index is 0. The molecule has 6 saturated heterocycles. The van der Waals surface area contributed by atoms with E-state index in [4.69, 9.17) is 162 Å². The second-order valence-corrected chi connectivity index (χ2v) is 35.7. The van der Waals surface area contributed by atoms with Crippen LogP contribution in [-0.4, -0.2) is 224 Å². The van der Waals surface area contributed by atoms with Gasteiger partial charge in [0, 0.05) is 79.3 Å². The van der Waals surface area contributed by atoms with Gasteiger partial charge < -0.3 is 87.3 Å². The van der Waals surface area contributed by atoms with Gasteiger partial charge in [-0.15, -0.1) is 41.0 Å². The van der Waals surface area contributed by atoms with Crippen LogP contribution in [-0.2, 0) is 135 Å². The van der Waals surface area contributed by atoms with Crippen molar-refractivity contribution in [3.05, 3.63) is 0 Å². The quantitative estimate of drug-likeness (QED) is 0.124. The second kappa shape index (κ2) is 64.7. The molecule has 732 valence electrons. The van der Waals surface area contributed by atoms with Crippen molar-refractivity contribution in [1.29, 1.82) is 0 Å². The minimum Gasteiger partial charge on any atom is -1.00 e. The Bertz CT molecular complexity index is 2380. The molecule has 14 rings (SSSR count). The number of aliphatic imine (C=N–C) groups is 8. The normalized spacial score (nSPS) is 21.7. The third-order valence-corrected chi connectivity index (χ3v) is 15.8. The van der Waals surface area contributed by atoms with Crippen LogP contribution in [0.15, 0.2) is 39.9 Å². The van der Waals surface area contributed by atoms with Gasteiger partial charge in [-0.3, -0.25) is 0 Å². The molecule has 6 fully saturated rings. The molecular formula is C72H128Cl4Cu4N8O34. The Morgan fingerprint density at radius 3 is 0.311 bits per heavy atom. The fraction of sp³-hybridized carbons (Fsp3) is 0.889. The number of nitrogens with zero attached hydrogens (tertiary/aromatic N) is 8. The molecule has 0 aromatic carbocycles. The van der Waals surface area contributed by atoms with Crippen molar-refractivity contribution >= 4 is 47.2 Å². The molecule has 50 heteroatoms. The first-order valence-corrected chi connectivity index (χ1v) is 43.2. The summed E-state index contributed by atoms with van der Waals surface area (Å²) in [6.07, 6.45) is 15.3. The first-order valence-electron chi connectivity index (χ1n) is 38.2. The van der Waals surface area contributed by atoms with Crippen LogP contribution in [0.5, 0.6) is 0 Å². The number of ether oxygens (including phenoxy) is 14. The predicted molar refractivity (Wildman–Crippen MR) is 377 cm³/mol. The van der Waals surface area contributed by atoms with Gasteiger partial charge in [-0.1, -0.05) is 0 Å². The monoisotopic (exact) mass is 2040 g/mol. The standard InChI is InChI=1S/4C12H20N2O2.6C4H8O.4ClHO4.4Cu.2O2/c4*1-8(9-13-11(2,3)6-15-9)10-14-12(4,5)7-16-10;6*1-2-4-5-3-1;4*2-1(3,4)5;;;;;2*1-2/h4*8H,6-7H2,1-5H3;6*1-4H2;4*(H,2,3,4,5);;;;;;/q;;;;;;;;;;;;;;4*+2;2*-2/p-4. The van der Waals surface area contributed by atoms with Crippen molar-refractivity contribution in [3.8, 4) is 0 Å². The zero-order valence-electron chi connectivity index (χ0n) is 73.1. The molecule has 14 aliphatic rings.